The maximum absolute atomic E-state index is 13.4. The van der Waals surface area contributed by atoms with Crippen molar-refractivity contribution in [2.45, 2.75) is 19.7 Å². The minimum absolute atomic E-state index is 0.0489. The number of para-hydroxylation sites is 1. The highest BCUT2D eigenvalue weighted by Gasteiger charge is 2.31. The third kappa shape index (κ3) is 6.10. The molecule has 0 unspecified atom stereocenters. The standard InChI is InChI=1S/C31H23ClF3N3O3/c1-19-7-5-8-20(13-19)18-41-28-25(32)14-21(15-27(28)40-2)17-36-38-29(22-9-6-10-23(16-22)31(33,34)35)37-26-12-4-3-11-24(26)30(38)39/h3-17H,18H2,1-2H3. The van der Waals surface area contributed by atoms with Crippen molar-refractivity contribution in [2.24, 2.45) is 5.10 Å². The van der Waals surface area contributed by atoms with E-state index in [0.717, 1.165) is 27.9 Å². The number of nitrogens with zero attached hydrogens (tertiary/aromatic N) is 3. The van der Waals surface area contributed by atoms with Gasteiger partial charge in [-0.25, -0.2) is 4.98 Å². The molecule has 208 valence electrons. The van der Waals surface area contributed by atoms with Crippen molar-refractivity contribution >= 4 is 28.7 Å². The maximum Gasteiger partial charge on any atom is 0.416 e. The first kappa shape index (κ1) is 27.9. The summed E-state index contributed by atoms with van der Waals surface area (Å²) in [5.41, 5.74) is 1.51. The Labute approximate surface area is 238 Å². The number of hydrogen-bond acceptors (Lipinski definition) is 5. The molecule has 1 aromatic heterocycles. The second-order valence-corrected chi connectivity index (χ2v) is 9.61. The van der Waals surface area contributed by atoms with E-state index in [9.17, 15) is 18.0 Å². The Bertz CT molecular complexity index is 1830. The van der Waals surface area contributed by atoms with Crippen LogP contribution in [0.1, 0.15) is 22.3 Å². The van der Waals surface area contributed by atoms with E-state index in [-0.39, 0.29) is 28.4 Å². The van der Waals surface area contributed by atoms with Gasteiger partial charge >= 0.3 is 6.18 Å². The number of ether oxygens (including phenoxy) is 2. The zero-order valence-electron chi connectivity index (χ0n) is 21.9. The van der Waals surface area contributed by atoms with Gasteiger partial charge in [0.25, 0.3) is 5.56 Å². The topological polar surface area (TPSA) is 65.7 Å². The average molecular weight is 578 g/mol. The monoisotopic (exact) mass is 577 g/mol. The Morgan fingerprint density at radius 1 is 1.00 bits per heavy atom. The summed E-state index contributed by atoms with van der Waals surface area (Å²) in [5.74, 6) is 0.628. The van der Waals surface area contributed by atoms with Gasteiger partial charge in [0.2, 0.25) is 0 Å². The molecule has 1 heterocycles. The van der Waals surface area contributed by atoms with Crippen molar-refractivity contribution < 1.29 is 22.6 Å². The molecule has 0 bridgehead atoms. The van der Waals surface area contributed by atoms with Crippen LogP contribution < -0.4 is 15.0 Å². The Balaban J connectivity index is 1.55. The smallest absolute Gasteiger partial charge is 0.416 e. The van der Waals surface area contributed by atoms with E-state index >= 15 is 0 Å². The van der Waals surface area contributed by atoms with Gasteiger partial charge in [0.05, 0.1) is 34.8 Å². The van der Waals surface area contributed by atoms with Gasteiger partial charge in [0.1, 0.15) is 6.61 Å². The zero-order chi connectivity index (χ0) is 29.1. The SMILES string of the molecule is COc1cc(C=Nn2c(-c3cccc(C(F)(F)F)c3)nc3ccccc3c2=O)cc(Cl)c1OCc1cccc(C)c1. The first-order valence-corrected chi connectivity index (χ1v) is 12.8. The highest BCUT2D eigenvalue weighted by atomic mass is 35.5. The number of alkyl halides is 3. The molecule has 0 N–H and O–H groups in total. The fourth-order valence-electron chi connectivity index (χ4n) is 4.29. The Morgan fingerprint density at radius 2 is 1.78 bits per heavy atom. The maximum atomic E-state index is 13.4. The molecule has 4 aromatic carbocycles. The van der Waals surface area contributed by atoms with E-state index in [4.69, 9.17) is 21.1 Å². The van der Waals surface area contributed by atoms with Gasteiger partial charge in [-0.15, -0.1) is 0 Å². The molecule has 10 heteroatoms. The molecular weight excluding hydrogens is 555 g/mol. The van der Waals surface area contributed by atoms with Gasteiger partial charge in [-0.3, -0.25) is 4.79 Å². The predicted molar refractivity (Wildman–Crippen MR) is 153 cm³/mol. The van der Waals surface area contributed by atoms with E-state index < -0.39 is 17.3 Å². The fraction of sp³-hybridized carbons (Fsp3) is 0.129. The quantitative estimate of drug-likeness (QED) is 0.188. The Kier molecular flexibility index (Phi) is 7.81. The second-order valence-electron chi connectivity index (χ2n) is 9.20. The lowest BCUT2D eigenvalue weighted by molar-refractivity contribution is -0.137. The summed E-state index contributed by atoms with van der Waals surface area (Å²) in [4.78, 5) is 17.9. The number of methoxy groups -OCH3 is 1. The van der Waals surface area contributed by atoms with Crippen LogP contribution in [0.25, 0.3) is 22.3 Å². The van der Waals surface area contributed by atoms with Crippen LogP contribution in [0.15, 0.2) is 94.8 Å². The number of fused-ring (bicyclic) bond motifs is 1. The predicted octanol–water partition coefficient (Wildman–Crippen LogP) is 7.51. The van der Waals surface area contributed by atoms with E-state index in [1.54, 1.807) is 36.4 Å². The van der Waals surface area contributed by atoms with Crippen molar-refractivity contribution in [3.8, 4) is 22.9 Å². The summed E-state index contributed by atoms with van der Waals surface area (Å²) in [6.45, 7) is 2.25. The normalized spacial score (nSPS) is 11.8. The van der Waals surface area contributed by atoms with E-state index in [0.29, 0.717) is 22.6 Å². The fourth-order valence-corrected chi connectivity index (χ4v) is 4.56. The summed E-state index contributed by atoms with van der Waals surface area (Å²) >= 11 is 6.54. The summed E-state index contributed by atoms with van der Waals surface area (Å²) in [7, 11) is 1.47. The summed E-state index contributed by atoms with van der Waals surface area (Å²) in [5, 5.41) is 4.83. The summed E-state index contributed by atoms with van der Waals surface area (Å²) < 4.78 is 52.7. The Morgan fingerprint density at radius 3 is 2.54 bits per heavy atom. The lowest BCUT2D eigenvalue weighted by Gasteiger charge is -2.14. The lowest BCUT2D eigenvalue weighted by atomic mass is 10.1. The minimum Gasteiger partial charge on any atom is -0.493 e. The average Bonchev–Trinajstić information content (AvgIpc) is 2.95. The van der Waals surface area contributed by atoms with Gasteiger partial charge in [0.15, 0.2) is 17.3 Å². The van der Waals surface area contributed by atoms with Crippen LogP contribution in [-0.4, -0.2) is 23.0 Å². The molecule has 0 spiro atoms. The van der Waals surface area contributed by atoms with E-state index in [1.807, 2.05) is 31.2 Å². The number of rotatable bonds is 7. The molecule has 0 aliphatic rings. The van der Waals surface area contributed by atoms with Crippen LogP contribution in [0, 0.1) is 6.92 Å². The molecule has 0 amide bonds. The van der Waals surface area contributed by atoms with Crippen molar-refractivity contribution in [2.75, 3.05) is 7.11 Å². The molecule has 0 radical (unpaired) electrons. The van der Waals surface area contributed by atoms with Gasteiger partial charge in [-0.1, -0.05) is 65.7 Å². The van der Waals surface area contributed by atoms with Gasteiger partial charge in [0, 0.05) is 5.56 Å². The van der Waals surface area contributed by atoms with Crippen molar-refractivity contribution in [3.63, 3.8) is 0 Å². The molecule has 0 atom stereocenters. The third-order valence-electron chi connectivity index (χ3n) is 6.24. The van der Waals surface area contributed by atoms with Crippen molar-refractivity contribution in [3.05, 3.63) is 123 Å². The molecule has 0 fully saturated rings. The van der Waals surface area contributed by atoms with Crippen LogP contribution in [0.5, 0.6) is 11.5 Å². The molecule has 0 saturated carbocycles. The number of aromatic nitrogens is 2. The highest BCUT2D eigenvalue weighted by molar-refractivity contribution is 6.32. The summed E-state index contributed by atoms with van der Waals surface area (Å²) in [6.07, 6.45) is -3.22. The number of hydrogen-bond donors (Lipinski definition) is 0. The zero-order valence-corrected chi connectivity index (χ0v) is 22.7. The molecule has 5 rings (SSSR count). The second kappa shape index (κ2) is 11.5. The van der Waals surface area contributed by atoms with Crippen LogP contribution in [-0.2, 0) is 12.8 Å². The van der Waals surface area contributed by atoms with E-state index in [2.05, 4.69) is 10.1 Å². The highest BCUT2D eigenvalue weighted by Crippen LogP contribution is 2.37. The number of halogens is 4. The van der Waals surface area contributed by atoms with Crippen LogP contribution >= 0.6 is 11.6 Å². The van der Waals surface area contributed by atoms with E-state index in [1.165, 1.54) is 25.5 Å². The number of benzene rings is 4. The largest absolute Gasteiger partial charge is 0.493 e. The summed E-state index contributed by atoms with van der Waals surface area (Å²) in [6, 6.07) is 22.2. The van der Waals surface area contributed by atoms with Crippen molar-refractivity contribution in [1.82, 2.24) is 9.66 Å². The lowest BCUT2D eigenvalue weighted by Crippen LogP contribution is -2.20. The van der Waals surface area contributed by atoms with Crippen molar-refractivity contribution in [1.29, 1.82) is 0 Å². The first-order chi connectivity index (χ1) is 19.6. The number of aryl methyl sites for hydroxylation is 1. The van der Waals surface area contributed by atoms with Gasteiger partial charge < -0.3 is 9.47 Å². The molecule has 6 nitrogen and oxygen atoms in total. The van der Waals surface area contributed by atoms with Crippen LogP contribution in [0.4, 0.5) is 13.2 Å². The minimum atomic E-state index is -4.57. The molecule has 5 aromatic rings. The van der Waals surface area contributed by atoms with Crippen LogP contribution in [0.3, 0.4) is 0 Å². The van der Waals surface area contributed by atoms with Gasteiger partial charge in [-0.2, -0.15) is 22.9 Å². The molecular formula is C31H23ClF3N3O3. The Hall–Kier alpha value is -4.63. The van der Waals surface area contributed by atoms with Crippen LogP contribution in [0.2, 0.25) is 5.02 Å². The molecule has 0 aliphatic heterocycles. The molecule has 0 saturated heterocycles. The third-order valence-corrected chi connectivity index (χ3v) is 6.52. The molecule has 0 aliphatic carbocycles. The first-order valence-electron chi connectivity index (χ1n) is 12.4. The molecule has 41 heavy (non-hydrogen) atoms. The van der Waals surface area contributed by atoms with Gasteiger partial charge in [-0.05, 0) is 54.4 Å².